The first-order valence-electron chi connectivity index (χ1n) is 7.92. The maximum absolute atomic E-state index is 11.2. The minimum Gasteiger partial charge on any atom is -0.364 e. The molecule has 2 fully saturated rings. The number of ether oxygens (including phenoxy) is 2. The molecule has 0 saturated carbocycles. The molecule has 0 amide bonds. The molecule has 2 saturated heterocycles. The van der Waals surface area contributed by atoms with Crippen LogP contribution < -0.4 is 0 Å². The van der Waals surface area contributed by atoms with E-state index in [0.717, 1.165) is 31.1 Å². The van der Waals surface area contributed by atoms with Crippen LogP contribution in [0.25, 0.3) is 0 Å². The van der Waals surface area contributed by atoms with E-state index >= 15 is 0 Å². The number of rotatable bonds is 3. The fourth-order valence-electron chi connectivity index (χ4n) is 3.55. The molecule has 0 aromatic rings. The van der Waals surface area contributed by atoms with Gasteiger partial charge in [-0.2, -0.15) is 8.42 Å². The molecule has 6 nitrogen and oxygen atoms in total. The molecule has 2 aliphatic heterocycles. The monoisotopic (exact) mass is 344 g/mol. The molecule has 130 valence electrons. The minimum absolute atomic E-state index is 0.0105. The summed E-state index contributed by atoms with van der Waals surface area (Å²) in [5.74, 6) is 0.0107. The van der Waals surface area contributed by atoms with Crippen LogP contribution in [0.1, 0.15) is 32.6 Å². The van der Waals surface area contributed by atoms with Gasteiger partial charge in [0.1, 0.15) is 6.10 Å². The van der Waals surface area contributed by atoms with E-state index in [1.165, 1.54) is 0 Å². The molecule has 23 heavy (non-hydrogen) atoms. The molecule has 3 rings (SSSR count). The van der Waals surface area contributed by atoms with Gasteiger partial charge in [0.05, 0.1) is 24.6 Å². The molecule has 0 aromatic heterocycles. The van der Waals surface area contributed by atoms with Gasteiger partial charge in [0.15, 0.2) is 6.29 Å². The van der Waals surface area contributed by atoms with E-state index in [4.69, 9.17) is 13.7 Å². The van der Waals surface area contributed by atoms with Gasteiger partial charge in [0.2, 0.25) is 0 Å². The van der Waals surface area contributed by atoms with Crippen LogP contribution in [0.3, 0.4) is 0 Å². The Morgan fingerprint density at radius 3 is 2.96 bits per heavy atom. The second-order valence-corrected chi connectivity index (χ2v) is 8.54. The summed E-state index contributed by atoms with van der Waals surface area (Å²) >= 11 is 0. The van der Waals surface area contributed by atoms with Gasteiger partial charge in [-0.1, -0.05) is 12.7 Å². The second-order valence-electron chi connectivity index (χ2n) is 6.89. The van der Waals surface area contributed by atoms with Crippen LogP contribution in [0.4, 0.5) is 0 Å². The van der Waals surface area contributed by atoms with Crippen molar-refractivity contribution in [2.45, 2.75) is 56.7 Å². The van der Waals surface area contributed by atoms with Gasteiger partial charge in [0.25, 0.3) is 10.1 Å². The summed E-state index contributed by atoms with van der Waals surface area (Å²) in [6.45, 7) is 6.08. The van der Waals surface area contributed by atoms with Crippen LogP contribution in [-0.2, 0) is 23.8 Å². The second kappa shape index (κ2) is 5.97. The van der Waals surface area contributed by atoms with Crippen molar-refractivity contribution in [1.82, 2.24) is 0 Å². The van der Waals surface area contributed by atoms with Crippen LogP contribution >= 0.6 is 0 Å². The van der Waals surface area contributed by atoms with Gasteiger partial charge in [-0.15, -0.1) is 0 Å². The van der Waals surface area contributed by atoms with E-state index < -0.39 is 16.4 Å². The Morgan fingerprint density at radius 1 is 1.52 bits per heavy atom. The minimum atomic E-state index is -3.46. The zero-order valence-corrected chi connectivity index (χ0v) is 14.3. The SMILES string of the molecule is C=C1C(O)O[C@H]2[C@H]1CC/C(COS(C)(=O)=O)=C\CC[C@@]1(C)O[C@@H]21. The smallest absolute Gasteiger partial charge is 0.264 e. The lowest BCUT2D eigenvalue weighted by molar-refractivity contribution is -0.0873. The lowest BCUT2D eigenvalue weighted by Gasteiger charge is -2.20. The highest BCUT2D eigenvalue weighted by molar-refractivity contribution is 7.85. The maximum Gasteiger partial charge on any atom is 0.264 e. The summed E-state index contributed by atoms with van der Waals surface area (Å²) in [6, 6.07) is 0. The predicted octanol–water partition coefficient (Wildman–Crippen LogP) is 1.51. The number of hydrogen-bond donors (Lipinski definition) is 1. The lowest BCUT2D eigenvalue weighted by atomic mass is 9.84. The number of aliphatic hydroxyl groups excluding tert-OH is 1. The molecule has 1 aliphatic carbocycles. The summed E-state index contributed by atoms with van der Waals surface area (Å²) in [7, 11) is -3.46. The number of hydrogen-bond acceptors (Lipinski definition) is 6. The molecular formula is C16H24O6S. The van der Waals surface area contributed by atoms with E-state index in [-0.39, 0.29) is 30.3 Å². The van der Waals surface area contributed by atoms with Crippen molar-refractivity contribution in [2.75, 3.05) is 12.9 Å². The molecule has 0 radical (unpaired) electrons. The van der Waals surface area contributed by atoms with E-state index in [1.54, 1.807) is 0 Å². The molecule has 1 unspecified atom stereocenters. The molecule has 2 heterocycles. The van der Waals surface area contributed by atoms with Crippen molar-refractivity contribution in [3.63, 3.8) is 0 Å². The highest BCUT2D eigenvalue weighted by Gasteiger charge is 2.60. The fourth-order valence-corrected chi connectivity index (χ4v) is 3.91. The maximum atomic E-state index is 11.2. The van der Waals surface area contributed by atoms with Gasteiger partial charge in [-0.05, 0) is 43.8 Å². The van der Waals surface area contributed by atoms with Crippen LogP contribution in [-0.4, -0.2) is 50.5 Å². The average molecular weight is 344 g/mol. The predicted molar refractivity (Wildman–Crippen MR) is 84.1 cm³/mol. The van der Waals surface area contributed by atoms with E-state index in [1.807, 2.05) is 13.0 Å². The Balaban J connectivity index is 1.75. The van der Waals surface area contributed by atoms with Gasteiger partial charge >= 0.3 is 0 Å². The van der Waals surface area contributed by atoms with Crippen molar-refractivity contribution in [2.24, 2.45) is 5.92 Å². The number of allylic oxidation sites excluding steroid dienone is 1. The molecule has 3 aliphatic rings. The summed E-state index contributed by atoms with van der Waals surface area (Å²) < 4.78 is 38.9. The standard InChI is InChI=1S/C16H24O6S/c1-10-12-7-6-11(9-20-23(3,18)19)5-4-8-16(2)14(22-16)13(12)21-15(10)17/h5,12-15,17H,1,4,6-9H2,2-3H3/b11-5+/t12-,13-,14-,15?,16+/m0/s1. The Labute approximate surface area is 137 Å². The molecule has 0 spiro atoms. The highest BCUT2D eigenvalue weighted by Crippen LogP contribution is 2.50. The number of aliphatic hydroxyl groups is 1. The topological polar surface area (TPSA) is 85.4 Å². The third kappa shape index (κ3) is 3.69. The number of fused-ring (bicyclic) bond motifs is 3. The van der Waals surface area contributed by atoms with Crippen molar-refractivity contribution in [3.05, 3.63) is 23.8 Å². The van der Waals surface area contributed by atoms with Crippen LogP contribution in [0.2, 0.25) is 0 Å². The van der Waals surface area contributed by atoms with Crippen molar-refractivity contribution < 1.29 is 27.2 Å². The molecule has 0 aromatic carbocycles. The largest absolute Gasteiger partial charge is 0.364 e. The summed E-state index contributed by atoms with van der Waals surface area (Å²) in [5, 5.41) is 9.95. The third-order valence-electron chi connectivity index (χ3n) is 5.02. The molecule has 1 N–H and O–H groups in total. The summed E-state index contributed by atoms with van der Waals surface area (Å²) in [4.78, 5) is 0. The van der Waals surface area contributed by atoms with Crippen LogP contribution in [0.5, 0.6) is 0 Å². The molecular weight excluding hydrogens is 320 g/mol. The Bertz CT molecular complexity index is 624. The van der Waals surface area contributed by atoms with Gasteiger partial charge < -0.3 is 14.6 Å². The van der Waals surface area contributed by atoms with E-state index in [0.29, 0.717) is 12.0 Å². The third-order valence-corrected chi connectivity index (χ3v) is 5.57. The summed E-state index contributed by atoms with van der Waals surface area (Å²) in [5.41, 5.74) is 1.38. The summed E-state index contributed by atoms with van der Waals surface area (Å²) in [6.07, 6.45) is 5.01. The lowest BCUT2D eigenvalue weighted by Crippen LogP contribution is -2.29. The van der Waals surface area contributed by atoms with E-state index in [2.05, 4.69) is 6.58 Å². The molecule has 7 heteroatoms. The number of epoxide rings is 1. The Morgan fingerprint density at radius 2 is 2.26 bits per heavy atom. The van der Waals surface area contributed by atoms with Gasteiger partial charge in [-0.25, -0.2) is 0 Å². The zero-order valence-electron chi connectivity index (χ0n) is 13.5. The van der Waals surface area contributed by atoms with E-state index in [9.17, 15) is 13.5 Å². The Hall–Kier alpha value is -0.730. The van der Waals surface area contributed by atoms with Crippen molar-refractivity contribution in [3.8, 4) is 0 Å². The first kappa shape index (κ1) is 17.1. The van der Waals surface area contributed by atoms with Crippen molar-refractivity contribution in [1.29, 1.82) is 0 Å². The first-order chi connectivity index (χ1) is 10.7. The van der Waals surface area contributed by atoms with Crippen LogP contribution in [0, 0.1) is 5.92 Å². The quantitative estimate of drug-likeness (QED) is 0.474. The Kier molecular flexibility index (Phi) is 4.44. The molecule has 0 bridgehead atoms. The van der Waals surface area contributed by atoms with Crippen LogP contribution in [0.15, 0.2) is 23.8 Å². The molecule has 5 atom stereocenters. The first-order valence-corrected chi connectivity index (χ1v) is 9.73. The normalized spacial score (nSPS) is 43.3. The fraction of sp³-hybridized carbons (Fsp3) is 0.750. The van der Waals surface area contributed by atoms with Crippen molar-refractivity contribution >= 4 is 10.1 Å². The average Bonchev–Trinajstić information content (AvgIpc) is 3.04. The van der Waals surface area contributed by atoms with Gasteiger partial charge in [-0.3, -0.25) is 4.18 Å². The van der Waals surface area contributed by atoms with Gasteiger partial charge in [0, 0.05) is 5.92 Å². The highest BCUT2D eigenvalue weighted by atomic mass is 32.2. The zero-order chi connectivity index (χ0) is 16.8.